The molecule has 1 atom stereocenters. The predicted molar refractivity (Wildman–Crippen MR) is 74.6 cm³/mol. The molecule has 0 radical (unpaired) electrons. The molecule has 1 heteroatoms. The minimum Gasteiger partial charge on any atom is -0.325 e. The van der Waals surface area contributed by atoms with E-state index < -0.39 is 0 Å². The summed E-state index contributed by atoms with van der Waals surface area (Å²) < 4.78 is 0. The Morgan fingerprint density at radius 1 is 0.882 bits per heavy atom. The highest BCUT2D eigenvalue weighted by Gasteiger charge is 1.95. The van der Waals surface area contributed by atoms with E-state index in [0.717, 1.165) is 0 Å². The molecule has 0 fully saturated rings. The van der Waals surface area contributed by atoms with Crippen molar-refractivity contribution < 1.29 is 0 Å². The van der Waals surface area contributed by atoms with E-state index in [9.17, 15) is 0 Å². The molecule has 86 valence electrons. The lowest BCUT2D eigenvalue weighted by molar-refractivity contribution is 0.931. The van der Waals surface area contributed by atoms with Gasteiger partial charge >= 0.3 is 0 Å². The van der Waals surface area contributed by atoms with Crippen LogP contribution in [0.5, 0.6) is 0 Å². The average Bonchev–Trinajstić information content (AvgIpc) is 2.38. The second-order valence-corrected chi connectivity index (χ2v) is 4.21. The first-order chi connectivity index (χ1) is 8.25. The Kier molecular flexibility index (Phi) is 3.73. The van der Waals surface area contributed by atoms with Crippen LogP contribution in [0, 0.1) is 0 Å². The summed E-state index contributed by atoms with van der Waals surface area (Å²) in [4.78, 5) is 0. The first-order valence-electron chi connectivity index (χ1n) is 5.85. The molecular formula is C16H17N. The Bertz CT molecular complexity index is 481. The molecule has 2 N–H and O–H groups in total. The molecule has 0 bridgehead atoms. The first kappa shape index (κ1) is 11.6. The van der Waals surface area contributed by atoms with Gasteiger partial charge in [-0.25, -0.2) is 0 Å². The highest BCUT2D eigenvalue weighted by molar-refractivity contribution is 5.65. The van der Waals surface area contributed by atoms with Crippen molar-refractivity contribution in [2.75, 3.05) is 0 Å². The third-order valence-corrected chi connectivity index (χ3v) is 2.61. The number of benzene rings is 2. The molecule has 1 nitrogen and oxygen atoms in total. The topological polar surface area (TPSA) is 26.0 Å². The summed E-state index contributed by atoms with van der Waals surface area (Å²) in [7, 11) is 0. The largest absolute Gasteiger partial charge is 0.325 e. The molecular weight excluding hydrogens is 206 g/mol. The molecule has 0 aliphatic carbocycles. The third-order valence-electron chi connectivity index (χ3n) is 2.61. The quantitative estimate of drug-likeness (QED) is 0.843. The van der Waals surface area contributed by atoms with Crippen molar-refractivity contribution in [3.05, 3.63) is 66.2 Å². The fourth-order valence-corrected chi connectivity index (χ4v) is 1.68. The van der Waals surface area contributed by atoms with Crippen LogP contribution in [0.2, 0.25) is 0 Å². The van der Waals surface area contributed by atoms with Gasteiger partial charge in [-0.1, -0.05) is 66.7 Å². The second-order valence-electron chi connectivity index (χ2n) is 4.21. The van der Waals surface area contributed by atoms with Crippen molar-refractivity contribution in [3.8, 4) is 11.1 Å². The van der Waals surface area contributed by atoms with Crippen LogP contribution in [-0.4, -0.2) is 6.04 Å². The van der Waals surface area contributed by atoms with E-state index in [2.05, 4.69) is 54.6 Å². The van der Waals surface area contributed by atoms with E-state index in [1.807, 2.05) is 19.1 Å². The van der Waals surface area contributed by atoms with Crippen LogP contribution in [0.15, 0.2) is 60.7 Å². The Hall–Kier alpha value is -1.86. The lowest BCUT2D eigenvalue weighted by atomic mass is 10.0. The predicted octanol–water partition coefficient (Wildman–Crippen LogP) is 3.71. The van der Waals surface area contributed by atoms with Crippen LogP contribution in [0.4, 0.5) is 0 Å². The maximum Gasteiger partial charge on any atom is 0.0198 e. The van der Waals surface area contributed by atoms with Crippen molar-refractivity contribution in [2.24, 2.45) is 5.73 Å². The highest BCUT2D eigenvalue weighted by atomic mass is 14.6. The Labute approximate surface area is 103 Å². The molecule has 17 heavy (non-hydrogen) atoms. The van der Waals surface area contributed by atoms with Crippen molar-refractivity contribution in [2.45, 2.75) is 13.0 Å². The highest BCUT2D eigenvalue weighted by Crippen LogP contribution is 2.19. The zero-order valence-electron chi connectivity index (χ0n) is 10.0. The Balaban J connectivity index is 2.19. The van der Waals surface area contributed by atoms with E-state index in [4.69, 9.17) is 5.73 Å². The molecule has 0 saturated carbocycles. The first-order valence-corrected chi connectivity index (χ1v) is 5.85. The van der Waals surface area contributed by atoms with Gasteiger partial charge in [0.15, 0.2) is 0 Å². The van der Waals surface area contributed by atoms with Crippen molar-refractivity contribution in [1.82, 2.24) is 0 Å². The van der Waals surface area contributed by atoms with Crippen molar-refractivity contribution >= 4 is 6.08 Å². The van der Waals surface area contributed by atoms with Gasteiger partial charge in [0.05, 0.1) is 0 Å². The minimum absolute atomic E-state index is 0.101. The van der Waals surface area contributed by atoms with Crippen LogP contribution in [0.1, 0.15) is 12.5 Å². The second kappa shape index (κ2) is 5.46. The van der Waals surface area contributed by atoms with E-state index >= 15 is 0 Å². The fraction of sp³-hybridized carbons (Fsp3) is 0.125. The Morgan fingerprint density at radius 3 is 2.06 bits per heavy atom. The maximum absolute atomic E-state index is 5.67. The van der Waals surface area contributed by atoms with Gasteiger partial charge in [0.2, 0.25) is 0 Å². The third kappa shape index (κ3) is 3.30. The van der Waals surface area contributed by atoms with Crippen LogP contribution >= 0.6 is 0 Å². The van der Waals surface area contributed by atoms with Crippen molar-refractivity contribution in [1.29, 1.82) is 0 Å². The van der Waals surface area contributed by atoms with Gasteiger partial charge in [0.1, 0.15) is 0 Å². The average molecular weight is 223 g/mol. The SMILES string of the molecule is CC(N)/C=C/c1ccc(-c2ccccc2)cc1. The van der Waals surface area contributed by atoms with E-state index in [-0.39, 0.29) is 6.04 Å². The summed E-state index contributed by atoms with van der Waals surface area (Å²) >= 11 is 0. The number of hydrogen-bond donors (Lipinski definition) is 1. The summed E-state index contributed by atoms with van der Waals surface area (Å²) in [5, 5.41) is 0. The number of hydrogen-bond acceptors (Lipinski definition) is 1. The smallest absolute Gasteiger partial charge is 0.0198 e. The van der Waals surface area contributed by atoms with Gasteiger partial charge in [-0.05, 0) is 23.6 Å². The molecule has 0 saturated heterocycles. The van der Waals surface area contributed by atoms with E-state index in [1.165, 1.54) is 16.7 Å². The minimum atomic E-state index is 0.101. The van der Waals surface area contributed by atoms with Gasteiger partial charge in [-0.15, -0.1) is 0 Å². The lowest BCUT2D eigenvalue weighted by Gasteiger charge is -2.02. The summed E-state index contributed by atoms with van der Waals surface area (Å²) in [6.07, 6.45) is 4.05. The molecule has 0 aliphatic heterocycles. The zero-order chi connectivity index (χ0) is 12.1. The van der Waals surface area contributed by atoms with E-state index in [1.54, 1.807) is 0 Å². The van der Waals surface area contributed by atoms with Gasteiger partial charge < -0.3 is 5.73 Å². The molecule has 1 unspecified atom stereocenters. The fourth-order valence-electron chi connectivity index (χ4n) is 1.68. The van der Waals surface area contributed by atoms with Gasteiger partial charge in [0, 0.05) is 6.04 Å². The van der Waals surface area contributed by atoms with Crippen LogP contribution in [-0.2, 0) is 0 Å². The molecule has 0 amide bonds. The van der Waals surface area contributed by atoms with Crippen molar-refractivity contribution in [3.63, 3.8) is 0 Å². The van der Waals surface area contributed by atoms with Gasteiger partial charge in [-0.2, -0.15) is 0 Å². The summed E-state index contributed by atoms with van der Waals surface area (Å²) in [6, 6.07) is 19.0. The summed E-state index contributed by atoms with van der Waals surface area (Å²) in [5.41, 5.74) is 9.34. The molecule has 2 aromatic carbocycles. The number of rotatable bonds is 3. The molecule has 2 rings (SSSR count). The van der Waals surface area contributed by atoms with Gasteiger partial charge in [-0.3, -0.25) is 0 Å². The molecule has 0 spiro atoms. The molecule has 0 heterocycles. The molecule has 0 aromatic heterocycles. The lowest BCUT2D eigenvalue weighted by Crippen LogP contribution is -2.09. The zero-order valence-corrected chi connectivity index (χ0v) is 10.0. The number of nitrogens with two attached hydrogens (primary N) is 1. The van der Waals surface area contributed by atoms with Gasteiger partial charge in [0.25, 0.3) is 0 Å². The monoisotopic (exact) mass is 223 g/mol. The van der Waals surface area contributed by atoms with Crippen LogP contribution in [0.3, 0.4) is 0 Å². The Morgan fingerprint density at radius 2 is 1.47 bits per heavy atom. The van der Waals surface area contributed by atoms with E-state index in [0.29, 0.717) is 0 Å². The molecule has 0 aliphatic rings. The van der Waals surface area contributed by atoms with Crippen LogP contribution in [0.25, 0.3) is 17.2 Å². The summed E-state index contributed by atoms with van der Waals surface area (Å²) in [6.45, 7) is 1.97. The van der Waals surface area contributed by atoms with Crippen LogP contribution < -0.4 is 5.73 Å². The normalized spacial score (nSPS) is 12.8. The summed E-state index contributed by atoms with van der Waals surface area (Å²) in [5.74, 6) is 0. The maximum atomic E-state index is 5.67. The molecule has 2 aromatic rings. The standard InChI is InChI=1S/C16H17N/c1-13(17)7-8-14-9-11-16(12-10-14)15-5-3-2-4-6-15/h2-13H,17H2,1H3/b8-7+.